The predicted molar refractivity (Wildman–Crippen MR) is 69.4 cm³/mol. The van der Waals surface area contributed by atoms with Crippen molar-refractivity contribution in [2.75, 3.05) is 0 Å². The van der Waals surface area contributed by atoms with Crippen LogP contribution in [-0.2, 0) is 6.42 Å². The van der Waals surface area contributed by atoms with E-state index in [4.69, 9.17) is 17.4 Å². The second-order valence-electron chi connectivity index (χ2n) is 3.96. The van der Waals surface area contributed by atoms with Gasteiger partial charge in [0.1, 0.15) is 5.82 Å². The number of pyridine rings is 1. The Morgan fingerprint density at radius 3 is 2.83 bits per heavy atom. The van der Waals surface area contributed by atoms with Crippen LogP contribution in [-0.4, -0.2) is 4.98 Å². The van der Waals surface area contributed by atoms with Crippen LogP contribution >= 0.6 is 11.6 Å². The minimum atomic E-state index is -0.418. The van der Waals surface area contributed by atoms with Gasteiger partial charge in [-0.1, -0.05) is 23.7 Å². The van der Waals surface area contributed by atoms with Crippen molar-refractivity contribution in [3.05, 3.63) is 64.7 Å². The topological polar surface area (TPSA) is 50.9 Å². The molecular formula is C13H13ClFN3. The molecule has 94 valence electrons. The third kappa shape index (κ3) is 3.04. The lowest BCUT2D eigenvalue weighted by Gasteiger charge is -2.16. The van der Waals surface area contributed by atoms with Crippen molar-refractivity contribution in [3.8, 4) is 0 Å². The van der Waals surface area contributed by atoms with Crippen molar-refractivity contribution in [1.29, 1.82) is 0 Å². The summed E-state index contributed by atoms with van der Waals surface area (Å²) in [5.74, 6) is 5.12. The van der Waals surface area contributed by atoms with Gasteiger partial charge in [-0.25, -0.2) is 4.39 Å². The SMILES string of the molecule is NNC(Cc1ccc(F)c(Cl)c1)c1cccnc1. The fraction of sp³-hybridized carbons (Fsp3) is 0.154. The fourth-order valence-electron chi connectivity index (χ4n) is 1.76. The maximum Gasteiger partial charge on any atom is 0.141 e. The molecule has 0 aliphatic carbocycles. The highest BCUT2D eigenvalue weighted by atomic mass is 35.5. The van der Waals surface area contributed by atoms with Gasteiger partial charge < -0.3 is 0 Å². The van der Waals surface area contributed by atoms with Crippen LogP contribution in [0.2, 0.25) is 5.02 Å². The van der Waals surface area contributed by atoms with E-state index in [9.17, 15) is 4.39 Å². The van der Waals surface area contributed by atoms with Gasteiger partial charge in [-0.15, -0.1) is 0 Å². The Balaban J connectivity index is 2.18. The van der Waals surface area contributed by atoms with Crippen molar-refractivity contribution < 1.29 is 4.39 Å². The highest BCUT2D eigenvalue weighted by molar-refractivity contribution is 6.30. The third-order valence-electron chi connectivity index (χ3n) is 2.71. The molecule has 0 aliphatic rings. The predicted octanol–water partition coefficient (Wildman–Crippen LogP) is 2.62. The molecule has 18 heavy (non-hydrogen) atoms. The van der Waals surface area contributed by atoms with E-state index in [-0.39, 0.29) is 11.1 Å². The van der Waals surface area contributed by atoms with Crippen molar-refractivity contribution in [2.45, 2.75) is 12.5 Å². The Hall–Kier alpha value is -1.49. The number of nitrogens with one attached hydrogen (secondary N) is 1. The Morgan fingerprint density at radius 2 is 2.22 bits per heavy atom. The molecule has 1 heterocycles. The van der Waals surface area contributed by atoms with Crippen LogP contribution in [0.1, 0.15) is 17.2 Å². The summed E-state index contributed by atoms with van der Waals surface area (Å²) in [7, 11) is 0. The molecule has 3 nitrogen and oxygen atoms in total. The highest BCUT2D eigenvalue weighted by Gasteiger charge is 2.11. The van der Waals surface area contributed by atoms with Gasteiger partial charge in [0.05, 0.1) is 11.1 Å². The normalized spacial score (nSPS) is 12.4. The Labute approximate surface area is 110 Å². The molecule has 3 N–H and O–H groups in total. The summed E-state index contributed by atoms with van der Waals surface area (Å²) in [6.45, 7) is 0. The minimum absolute atomic E-state index is 0.0831. The molecule has 0 saturated carbocycles. The monoisotopic (exact) mass is 265 g/mol. The van der Waals surface area contributed by atoms with Crippen molar-refractivity contribution in [1.82, 2.24) is 10.4 Å². The van der Waals surface area contributed by atoms with E-state index in [0.29, 0.717) is 6.42 Å². The van der Waals surface area contributed by atoms with E-state index in [2.05, 4.69) is 10.4 Å². The highest BCUT2D eigenvalue weighted by Crippen LogP contribution is 2.21. The zero-order chi connectivity index (χ0) is 13.0. The standard InChI is InChI=1S/C13H13ClFN3/c14-11-6-9(3-4-12(11)15)7-13(18-16)10-2-1-5-17-8-10/h1-6,8,13,18H,7,16H2. The fourth-order valence-corrected chi connectivity index (χ4v) is 1.96. The molecule has 1 unspecified atom stereocenters. The average Bonchev–Trinajstić information content (AvgIpc) is 2.41. The van der Waals surface area contributed by atoms with Gasteiger partial charge in [-0.05, 0) is 35.7 Å². The van der Waals surface area contributed by atoms with E-state index >= 15 is 0 Å². The van der Waals surface area contributed by atoms with Gasteiger partial charge in [-0.2, -0.15) is 0 Å². The quantitative estimate of drug-likeness (QED) is 0.660. The van der Waals surface area contributed by atoms with Crippen LogP contribution in [0.15, 0.2) is 42.7 Å². The van der Waals surface area contributed by atoms with E-state index in [1.807, 2.05) is 12.1 Å². The maximum atomic E-state index is 13.1. The van der Waals surface area contributed by atoms with Gasteiger partial charge in [-0.3, -0.25) is 16.3 Å². The number of hydrogen-bond donors (Lipinski definition) is 2. The molecule has 1 aromatic heterocycles. The van der Waals surface area contributed by atoms with Crippen molar-refractivity contribution in [2.24, 2.45) is 5.84 Å². The lowest BCUT2D eigenvalue weighted by molar-refractivity contribution is 0.549. The van der Waals surface area contributed by atoms with E-state index in [1.165, 1.54) is 6.07 Å². The van der Waals surface area contributed by atoms with Crippen LogP contribution in [0.4, 0.5) is 4.39 Å². The number of aromatic nitrogens is 1. The molecule has 2 aromatic rings. The first kappa shape index (κ1) is 13.0. The molecule has 0 radical (unpaired) electrons. The molecule has 0 aliphatic heterocycles. The minimum Gasteiger partial charge on any atom is -0.271 e. The number of benzene rings is 1. The van der Waals surface area contributed by atoms with Gasteiger partial charge in [0.25, 0.3) is 0 Å². The molecular weight excluding hydrogens is 253 g/mol. The van der Waals surface area contributed by atoms with Crippen LogP contribution in [0.3, 0.4) is 0 Å². The third-order valence-corrected chi connectivity index (χ3v) is 3.00. The molecule has 0 fully saturated rings. The Bertz CT molecular complexity index is 519. The molecule has 1 atom stereocenters. The zero-order valence-electron chi connectivity index (χ0n) is 9.61. The summed E-state index contributed by atoms with van der Waals surface area (Å²) < 4.78 is 13.1. The maximum absolute atomic E-state index is 13.1. The van der Waals surface area contributed by atoms with Gasteiger partial charge >= 0.3 is 0 Å². The zero-order valence-corrected chi connectivity index (χ0v) is 10.4. The summed E-state index contributed by atoms with van der Waals surface area (Å²) >= 11 is 5.75. The van der Waals surface area contributed by atoms with Crippen molar-refractivity contribution >= 4 is 11.6 Å². The number of hydrogen-bond acceptors (Lipinski definition) is 3. The molecule has 0 amide bonds. The van der Waals surface area contributed by atoms with Gasteiger partial charge in [0, 0.05) is 12.4 Å². The van der Waals surface area contributed by atoms with Gasteiger partial charge in [0.2, 0.25) is 0 Å². The molecule has 0 spiro atoms. The lowest BCUT2D eigenvalue weighted by Crippen LogP contribution is -2.29. The number of hydrazine groups is 1. The summed E-state index contributed by atoms with van der Waals surface area (Å²) in [5, 5.41) is 0.120. The first-order chi connectivity index (χ1) is 8.70. The summed E-state index contributed by atoms with van der Waals surface area (Å²) in [6, 6.07) is 8.36. The number of rotatable bonds is 4. The number of nitrogens with two attached hydrogens (primary N) is 1. The molecule has 0 bridgehead atoms. The average molecular weight is 266 g/mol. The number of halogens is 2. The molecule has 5 heteroatoms. The molecule has 0 saturated heterocycles. The van der Waals surface area contributed by atoms with E-state index < -0.39 is 5.82 Å². The van der Waals surface area contributed by atoms with E-state index in [1.54, 1.807) is 24.5 Å². The Kier molecular flexibility index (Phi) is 4.25. The van der Waals surface area contributed by atoms with Crippen molar-refractivity contribution in [3.63, 3.8) is 0 Å². The summed E-state index contributed by atoms with van der Waals surface area (Å²) in [6.07, 6.45) is 4.06. The largest absolute Gasteiger partial charge is 0.271 e. The second kappa shape index (κ2) is 5.91. The first-order valence-corrected chi connectivity index (χ1v) is 5.88. The smallest absolute Gasteiger partial charge is 0.141 e. The second-order valence-corrected chi connectivity index (χ2v) is 4.37. The molecule has 1 aromatic carbocycles. The number of nitrogens with zero attached hydrogens (tertiary/aromatic N) is 1. The van der Waals surface area contributed by atoms with Crippen LogP contribution < -0.4 is 11.3 Å². The lowest BCUT2D eigenvalue weighted by atomic mass is 10.0. The van der Waals surface area contributed by atoms with Crippen LogP contribution in [0.5, 0.6) is 0 Å². The summed E-state index contributed by atoms with van der Waals surface area (Å²) in [5.41, 5.74) is 4.61. The van der Waals surface area contributed by atoms with E-state index in [0.717, 1.165) is 11.1 Å². The molecule has 2 rings (SSSR count). The summed E-state index contributed by atoms with van der Waals surface area (Å²) in [4.78, 5) is 4.05. The Morgan fingerprint density at radius 1 is 1.39 bits per heavy atom. The van der Waals surface area contributed by atoms with Crippen LogP contribution in [0, 0.1) is 5.82 Å². The first-order valence-electron chi connectivity index (χ1n) is 5.50. The van der Waals surface area contributed by atoms with Gasteiger partial charge in [0.15, 0.2) is 0 Å². The van der Waals surface area contributed by atoms with Crippen LogP contribution in [0.25, 0.3) is 0 Å².